The summed E-state index contributed by atoms with van der Waals surface area (Å²) in [4.78, 5) is 0. The van der Waals surface area contributed by atoms with Crippen molar-refractivity contribution in [2.75, 3.05) is 99.1 Å². The van der Waals surface area contributed by atoms with Gasteiger partial charge in [0.15, 0.2) is 0 Å². The van der Waals surface area contributed by atoms with Gasteiger partial charge in [-0.25, -0.2) is 0 Å². The van der Waals surface area contributed by atoms with Crippen molar-refractivity contribution in [2.24, 2.45) is 0 Å². The molecule has 0 aromatic rings. The van der Waals surface area contributed by atoms with E-state index in [0.29, 0.717) is 72.7 Å². The monoisotopic (exact) mass is 414 g/mol. The first-order valence-electron chi connectivity index (χ1n) is 10.0. The van der Waals surface area contributed by atoms with Crippen LogP contribution in [0.25, 0.3) is 0 Å². The van der Waals surface area contributed by atoms with Gasteiger partial charge in [0.05, 0.1) is 92.0 Å². The fraction of sp³-hybridized carbons (Fsp3) is 1.00. The van der Waals surface area contributed by atoms with E-state index in [1.807, 2.05) is 20.8 Å². The quantitative estimate of drug-likeness (QED) is 0.260. The molecule has 0 aromatic carbocycles. The molecule has 0 rings (SSSR count). The summed E-state index contributed by atoms with van der Waals surface area (Å²) in [6.07, 6.45) is 0.150. The smallest absolute Gasteiger partial charge is 0.0780 e. The molecule has 9 nitrogen and oxygen atoms in total. The van der Waals surface area contributed by atoms with Crippen LogP contribution < -0.4 is 0 Å². The lowest BCUT2D eigenvalue weighted by Gasteiger charge is -2.12. The van der Waals surface area contributed by atoms with Crippen LogP contribution in [0.2, 0.25) is 0 Å². The minimum absolute atomic E-state index is 0.0417. The molecular formula is C19H42O9. The van der Waals surface area contributed by atoms with E-state index in [1.165, 1.54) is 0 Å². The molecule has 1 atom stereocenters. The maximum atomic E-state index is 8.26. The zero-order valence-corrected chi connectivity index (χ0v) is 17.9. The van der Waals surface area contributed by atoms with E-state index < -0.39 is 0 Å². The molecule has 28 heavy (non-hydrogen) atoms. The average Bonchev–Trinajstić information content (AvgIpc) is 2.69. The topological polar surface area (TPSA) is 105 Å². The Hall–Kier alpha value is -0.360. The van der Waals surface area contributed by atoms with E-state index in [-0.39, 0.29) is 19.3 Å². The zero-order valence-electron chi connectivity index (χ0n) is 17.9. The van der Waals surface area contributed by atoms with Gasteiger partial charge in [0.2, 0.25) is 0 Å². The lowest BCUT2D eigenvalue weighted by Crippen LogP contribution is -2.18. The lowest BCUT2D eigenvalue weighted by atomic mass is 10.4. The van der Waals surface area contributed by atoms with Crippen LogP contribution in [-0.2, 0) is 33.2 Å². The molecule has 0 spiro atoms. The molecule has 0 amide bonds. The van der Waals surface area contributed by atoms with Gasteiger partial charge >= 0.3 is 0 Å². The highest BCUT2D eigenvalue weighted by Gasteiger charge is 2.00. The van der Waals surface area contributed by atoms with Crippen molar-refractivity contribution in [2.45, 2.75) is 26.9 Å². The van der Waals surface area contributed by atoms with Gasteiger partial charge in [-0.2, -0.15) is 0 Å². The van der Waals surface area contributed by atoms with Crippen molar-refractivity contribution in [3.63, 3.8) is 0 Å². The highest BCUT2D eigenvalue weighted by atomic mass is 16.6. The van der Waals surface area contributed by atoms with E-state index in [1.54, 1.807) is 0 Å². The molecule has 0 radical (unpaired) electrons. The molecule has 0 aromatic heterocycles. The number of rotatable bonds is 21. The molecule has 0 saturated heterocycles. The van der Waals surface area contributed by atoms with Crippen LogP contribution in [0.1, 0.15) is 20.8 Å². The first-order chi connectivity index (χ1) is 13.7. The van der Waals surface area contributed by atoms with Crippen LogP contribution >= 0.6 is 0 Å². The Balaban J connectivity index is 0. The summed E-state index contributed by atoms with van der Waals surface area (Å²) in [5, 5.41) is 16.5. The molecule has 0 heterocycles. The Morgan fingerprint density at radius 3 is 1.32 bits per heavy atom. The summed E-state index contributed by atoms with van der Waals surface area (Å²) in [6.45, 7) is 13.4. The predicted octanol–water partition coefficient (Wildman–Crippen LogP) is 0.502. The Morgan fingerprint density at radius 1 is 0.536 bits per heavy atom. The molecule has 9 heteroatoms. The molecule has 0 saturated carbocycles. The third kappa shape index (κ3) is 30.4. The summed E-state index contributed by atoms with van der Waals surface area (Å²) >= 11 is 0. The van der Waals surface area contributed by atoms with Crippen molar-refractivity contribution in [1.82, 2.24) is 0 Å². The fourth-order valence-electron chi connectivity index (χ4n) is 1.74. The van der Waals surface area contributed by atoms with Crippen LogP contribution in [0.3, 0.4) is 0 Å². The third-order valence-corrected chi connectivity index (χ3v) is 2.97. The average molecular weight is 415 g/mol. The van der Waals surface area contributed by atoms with Gasteiger partial charge in [-0.05, 0) is 20.8 Å². The number of ether oxygens (including phenoxy) is 7. The van der Waals surface area contributed by atoms with Crippen molar-refractivity contribution >= 4 is 0 Å². The van der Waals surface area contributed by atoms with Crippen LogP contribution in [-0.4, -0.2) is 115 Å². The molecule has 1 unspecified atom stereocenters. The fourth-order valence-corrected chi connectivity index (χ4v) is 1.74. The molecule has 172 valence electrons. The van der Waals surface area contributed by atoms with E-state index in [0.717, 1.165) is 13.2 Å². The third-order valence-electron chi connectivity index (χ3n) is 2.97. The van der Waals surface area contributed by atoms with Gasteiger partial charge < -0.3 is 43.4 Å². The molecule has 2 N–H and O–H groups in total. The standard InChI is InChI=1S/C13H28O5.C6H14O4/c1-4-14-6-7-15-8-9-16-10-11-17-12-13(3)18-5-2;7-1-3-9-5-6-10-4-2-8/h13H,4-12H2,1-3H3;7-8H,1-6H2. The maximum Gasteiger partial charge on any atom is 0.0780 e. The molecule has 0 bridgehead atoms. The number of hydrogen-bond donors (Lipinski definition) is 2. The minimum atomic E-state index is 0.0417. The highest BCUT2D eigenvalue weighted by molar-refractivity contribution is 4.45. The molecule has 0 fully saturated rings. The Bertz CT molecular complexity index is 250. The normalized spacial score (nSPS) is 11.9. The van der Waals surface area contributed by atoms with Gasteiger partial charge in [0, 0.05) is 13.2 Å². The van der Waals surface area contributed by atoms with Crippen molar-refractivity contribution in [3.05, 3.63) is 0 Å². The van der Waals surface area contributed by atoms with Gasteiger partial charge in [-0.3, -0.25) is 0 Å². The van der Waals surface area contributed by atoms with Gasteiger partial charge in [0.25, 0.3) is 0 Å². The number of aliphatic hydroxyl groups is 2. The highest BCUT2D eigenvalue weighted by Crippen LogP contribution is 1.91. The Morgan fingerprint density at radius 2 is 0.929 bits per heavy atom. The first-order valence-corrected chi connectivity index (χ1v) is 10.0. The second kappa shape index (κ2) is 28.8. The largest absolute Gasteiger partial charge is 0.394 e. The van der Waals surface area contributed by atoms with Crippen LogP contribution in [0, 0.1) is 0 Å². The van der Waals surface area contributed by atoms with Crippen molar-refractivity contribution < 1.29 is 43.4 Å². The van der Waals surface area contributed by atoms with Gasteiger partial charge in [-0.1, -0.05) is 0 Å². The zero-order chi connectivity index (χ0) is 21.1. The lowest BCUT2D eigenvalue weighted by molar-refractivity contribution is -0.0294. The first kappa shape index (κ1) is 29.8. The second-order valence-corrected chi connectivity index (χ2v) is 5.43. The summed E-state index contributed by atoms with van der Waals surface area (Å²) in [5.74, 6) is 0. The van der Waals surface area contributed by atoms with E-state index in [4.69, 9.17) is 43.4 Å². The van der Waals surface area contributed by atoms with Gasteiger partial charge in [-0.15, -0.1) is 0 Å². The van der Waals surface area contributed by atoms with E-state index in [2.05, 4.69) is 0 Å². The van der Waals surface area contributed by atoms with Crippen LogP contribution in [0.5, 0.6) is 0 Å². The molecular weight excluding hydrogens is 372 g/mol. The summed E-state index contributed by atoms with van der Waals surface area (Å²) < 4.78 is 36.3. The minimum Gasteiger partial charge on any atom is -0.394 e. The van der Waals surface area contributed by atoms with E-state index >= 15 is 0 Å². The summed E-state index contributed by atoms with van der Waals surface area (Å²) in [7, 11) is 0. The number of hydrogen-bond acceptors (Lipinski definition) is 9. The SMILES string of the molecule is CCOCCOCCOCCOCC(C)OCC.OCCOCCOCCO. The Labute approximate surface area is 170 Å². The maximum absolute atomic E-state index is 8.26. The molecule has 0 aliphatic rings. The van der Waals surface area contributed by atoms with Crippen molar-refractivity contribution in [1.29, 1.82) is 0 Å². The summed E-state index contributed by atoms with van der Waals surface area (Å²) in [6, 6.07) is 0. The van der Waals surface area contributed by atoms with Crippen LogP contribution in [0.15, 0.2) is 0 Å². The van der Waals surface area contributed by atoms with Gasteiger partial charge in [0.1, 0.15) is 0 Å². The second-order valence-electron chi connectivity index (χ2n) is 5.43. The molecule has 0 aliphatic heterocycles. The van der Waals surface area contributed by atoms with Crippen LogP contribution in [0.4, 0.5) is 0 Å². The molecule has 0 aliphatic carbocycles. The summed E-state index contributed by atoms with van der Waals surface area (Å²) in [5.41, 5.74) is 0. The Kier molecular flexibility index (Phi) is 30.7. The van der Waals surface area contributed by atoms with Crippen molar-refractivity contribution in [3.8, 4) is 0 Å². The van der Waals surface area contributed by atoms with E-state index in [9.17, 15) is 0 Å². The predicted molar refractivity (Wildman–Crippen MR) is 106 cm³/mol. The number of aliphatic hydroxyl groups excluding tert-OH is 2.